The Morgan fingerprint density at radius 3 is 2.52 bits per heavy atom. The zero-order valence-electron chi connectivity index (χ0n) is 14.2. The Bertz CT molecular complexity index is 1030. The van der Waals surface area contributed by atoms with Gasteiger partial charge in [0.25, 0.3) is 0 Å². The second kappa shape index (κ2) is 5.70. The van der Waals surface area contributed by atoms with Gasteiger partial charge in [-0.3, -0.25) is 4.79 Å². The third kappa shape index (κ3) is 2.45. The maximum Gasteiger partial charge on any atom is 0.231 e. The number of aryl methyl sites for hydroxylation is 1. The molecule has 25 heavy (non-hydrogen) atoms. The largest absolute Gasteiger partial charge is 0.497 e. The zero-order valence-corrected chi connectivity index (χ0v) is 14.2. The second-order valence-electron chi connectivity index (χ2n) is 5.88. The van der Waals surface area contributed by atoms with Crippen LogP contribution in [-0.2, 0) is 7.05 Å². The summed E-state index contributed by atoms with van der Waals surface area (Å²) in [4.78, 5) is 12.6. The summed E-state index contributed by atoms with van der Waals surface area (Å²) < 4.78 is 18.3. The minimum atomic E-state index is -0.127. The first-order chi connectivity index (χ1) is 12.1. The van der Waals surface area contributed by atoms with Crippen LogP contribution in [0.4, 0.5) is 0 Å². The molecular formula is C20H17NO4. The number of ether oxygens (including phenoxy) is 3. The van der Waals surface area contributed by atoms with E-state index in [4.69, 9.17) is 14.2 Å². The summed E-state index contributed by atoms with van der Waals surface area (Å²) in [6, 6.07) is 11.1. The molecule has 0 saturated carbocycles. The van der Waals surface area contributed by atoms with E-state index in [1.165, 1.54) is 0 Å². The Labute approximate surface area is 145 Å². The lowest BCUT2D eigenvalue weighted by Gasteiger charge is -2.02. The second-order valence-corrected chi connectivity index (χ2v) is 5.88. The Hall–Kier alpha value is -3.21. The standard InChI is InChI=1S/C20H17NO4/c1-21-11-12(16-9-13(23-2)5-7-17(16)21)8-19-20(22)15-6-4-14(24-3)10-18(15)25-19/h4-11H,1-3H3/b19-8+. The lowest BCUT2D eigenvalue weighted by Crippen LogP contribution is -1.97. The topological polar surface area (TPSA) is 49.7 Å². The van der Waals surface area contributed by atoms with Gasteiger partial charge >= 0.3 is 0 Å². The Morgan fingerprint density at radius 2 is 1.76 bits per heavy atom. The van der Waals surface area contributed by atoms with E-state index < -0.39 is 0 Å². The number of nitrogens with zero attached hydrogens (tertiary/aromatic N) is 1. The van der Waals surface area contributed by atoms with Crippen LogP contribution in [0.3, 0.4) is 0 Å². The predicted molar refractivity (Wildman–Crippen MR) is 95.4 cm³/mol. The van der Waals surface area contributed by atoms with Gasteiger partial charge in [-0.05, 0) is 36.4 Å². The van der Waals surface area contributed by atoms with Gasteiger partial charge in [-0.15, -0.1) is 0 Å². The highest BCUT2D eigenvalue weighted by Gasteiger charge is 2.28. The number of hydrogen-bond donors (Lipinski definition) is 0. The molecule has 2 heterocycles. The van der Waals surface area contributed by atoms with Crippen LogP contribution in [-0.4, -0.2) is 24.6 Å². The van der Waals surface area contributed by atoms with Crippen LogP contribution in [0.5, 0.6) is 17.2 Å². The van der Waals surface area contributed by atoms with Crippen molar-refractivity contribution >= 4 is 22.8 Å². The number of fused-ring (bicyclic) bond motifs is 2. The summed E-state index contributed by atoms with van der Waals surface area (Å²) in [6.07, 6.45) is 3.74. The molecule has 2 aromatic carbocycles. The summed E-state index contributed by atoms with van der Waals surface area (Å²) in [5.41, 5.74) is 2.50. The van der Waals surface area contributed by atoms with Crippen molar-refractivity contribution in [1.82, 2.24) is 4.57 Å². The van der Waals surface area contributed by atoms with Gasteiger partial charge in [0.05, 0.1) is 19.8 Å². The molecule has 0 aliphatic carbocycles. The Morgan fingerprint density at radius 1 is 1.04 bits per heavy atom. The summed E-state index contributed by atoms with van der Waals surface area (Å²) in [7, 11) is 5.18. The van der Waals surface area contributed by atoms with Gasteiger partial charge in [0.1, 0.15) is 17.2 Å². The van der Waals surface area contributed by atoms with E-state index in [2.05, 4.69) is 0 Å². The highest BCUT2D eigenvalue weighted by atomic mass is 16.5. The van der Waals surface area contributed by atoms with Crippen molar-refractivity contribution in [3.63, 3.8) is 0 Å². The number of rotatable bonds is 3. The number of carbonyl (C=O) groups excluding carboxylic acids is 1. The molecule has 0 bridgehead atoms. The number of Topliss-reactive ketones (excluding diaryl/α,β-unsaturated/α-hetero) is 1. The summed E-state index contributed by atoms with van der Waals surface area (Å²) in [5, 5.41) is 0.999. The maximum absolute atomic E-state index is 12.6. The normalized spacial score (nSPS) is 14.7. The van der Waals surface area contributed by atoms with Crippen molar-refractivity contribution in [1.29, 1.82) is 0 Å². The summed E-state index contributed by atoms with van der Waals surface area (Å²) >= 11 is 0. The van der Waals surface area contributed by atoms with Crippen LogP contribution >= 0.6 is 0 Å². The van der Waals surface area contributed by atoms with E-state index in [-0.39, 0.29) is 5.78 Å². The lowest BCUT2D eigenvalue weighted by molar-refractivity contribution is 0.101. The van der Waals surface area contributed by atoms with Crippen molar-refractivity contribution in [3.05, 3.63) is 59.5 Å². The number of methoxy groups -OCH3 is 2. The van der Waals surface area contributed by atoms with Gasteiger partial charge in [0, 0.05) is 35.8 Å². The van der Waals surface area contributed by atoms with Gasteiger partial charge in [-0.1, -0.05) is 0 Å². The van der Waals surface area contributed by atoms with Crippen LogP contribution in [0.1, 0.15) is 15.9 Å². The number of carbonyl (C=O) groups is 1. The third-order valence-electron chi connectivity index (χ3n) is 4.39. The molecule has 5 nitrogen and oxygen atoms in total. The van der Waals surface area contributed by atoms with Gasteiger partial charge in [0.2, 0.25) is 5.78 Å². The first-order valence-corrected chi connectivity index (χ1v) is 7.86. The highest BCUT2D eigenvalue weighted by Crippen LogP contribution is 2.36. The summed E-state index contributed by atoms with van der Waals surface area (Å²) in [6.45, 7) is 0. The third-order valence-corrected chi connectivity index (χ3v) is 4.39. The molecule has 0 N–H and O–H groups in total. The molecule has 3 aromatic rings. The first kappa shape index (κ1) is 15.3. The van der Waals surface area contributed by atoms with Gasteiger partial charge < -0.3 is 18.8 Å². The SMILES string of the molecule is COc1ccc2c(c1)O/C(=C/c1cn(C)c3ccc(OC)cc13)C2=O. The van der Waals surface area contributed by atoms with Crippen LogP contribution in [0.15, 0.2) is 48.4 Å². The minimum absolute atomic E-state index is 0.127. The maximum atomic E-state index is 12.6. The molecule has 0 saturated heterocycles. The summed E-state index contributed by atoms with van der Waals surface area (Å²) in [5.74, 6) is 2.12. The number of hydrogen-bond acceptors (Lipinski definition) is 4. The average molecular weight is 335 g/mol. The van der Waals surface area contributed by atoms with Crippen LogP contribution in [0.2, 0.25) is 0 Å². The molecule has 1 aliphatic heterocycles. The van der Waals surface area contributed by atoms with Crippen molar-refractivity contribution in [2.24, 2.45) is 7.05 Å². The number of allylic oxidation sites excluding steroid dienone is 1. The van der Waals surface area contributed by atoms with E-state index in [1.807, 2.05) is 36.0 Å². The number of aromatic nitrogens is 1. The van der Waals surface area contributed by atoms with Gasteiger partial charge in [0.15, 0.2) is 5.76 Å². The van der Waals surface area contributed by atoms with Gasteiger partial charge in [-0.25, -0.2) is 0 Å². The van der Waals surface area contributed by atoms with E-state index in [0.717, 1.165) is 22.2 Å². The molecule has 0 fully saturated rings. The van der Waals surface area contributed by atoms with Crippen LogP contribution in [0.25, 0.3) is 17.0 Å². The smallest absolute Gasteiger partial charge is 0.231 e. The van der Waals surface area contributed by atoms with Crippen LogP contribution in [0, 0.1) is 0 Å². The highest BCUT2D eigenvalue weighted by molar-refractivity contribution is 6.15. The van der Waals surface area contributed by atoms with E-state index in [1.54, 1.807) is 38.5 Å². The van der Waals surface area contributed by atoms with Crippen molar-refractivity contribution in [2.75, 3.05) is 14.2 Å². The molecular weight excluding hydrogens is 318 g/mol. The fourth-order valence-corrected chi connectivity index (χ4v) is 3.08. The minimum Gasteiger partial charge on any atom is -0.497 e. The molecule has 0 unspecified atom stereocenters. The van der Waals surface area contributed by atoms with Crippen LogP contribution < -0.4 is 14.2 Å². The molecule has 0 amide bonds. The van der Waals surface area contributed by atoms with Crippen molar-refractivity contribution < 1.29 is 19.0 Å². The number of benzene rings is 2. The molecule has 0 radical (unpaired) electrons. The molecule has 4 rings (SSSR count). The van der Waals surface area contributed by atoms with E-state index in [0.29, 0.717) is 22.8 Å². The fraction of sp³-hybridized carbons (Fsp3) is 0.150. The van der Waals surface area contributed by atoms with Crippen molar-refractivity contribution in [3.8, 4) is 17.2 Å². The zero-order chi connectivity index (χ0) is 17.6. The average Bonchev–Trinajstić information content (AvgIpc) is 3.11. The Kier molecular flexibility index (Phi) is 3.50. The lowest BCUT2D eigenvalue weighted by atomic mass is 10.1. The molecule has 5 heteroatoms. The molecule has 1 aromatic heterocycles. The predicted octanol–water partition coefficient (Wildman–Crippen LogP) is 3.81. The molecule has 126 valence electrons. The van der Waals surface area contributed by atoms with E-state index >= 15 is 0 Å². The quantitative estimate of drug-likeness (QED) is 0.683. The molecule has 0 spiro atoms. The number of ketones is 1. The van der Waals surface area contributed by atoms with Gasteiger partial charge in [-0.2, -0.15) is 0 Å². The molecule has 1 aliphatic rings. The molecule has 0 atom stereocenters. The fourth-order valence-electron chi connectivity index (χ4n) is 3.08. The first-order valence-electron chi connectivity index (χ1n) is 7.86. The Balaban J connectivity index is 1.79. The van der Waals surface area contributed by atoms with Crippen molar-refractivity contribution in [2.45, 2.75) is 0 Å². The monoisotopic (exact) mass is 335 g/mol. The van der Waals surface area contributed by atoms with E-state index in [9.17, 15) is 4.79 Å².